The highest BCUT2D eigenvalue weighted by Crippen LogP contribution is 2.46. The van der Waals surface area contributed by atoms with Crippen molar-refractivity contribution in [2.45, 2.75) is 0 Å². The van der Waals surface area contributed by atoms with Crippen LogP contribution in [0.25, 0.3) is 114 Å². The summed E-state index contributed by atoms with van der Waals surface area (Å²) < 4.78 is 13.2. The molecule has 14 aromatic rings. The molecule has 0 N–H and O–H groups in total. The number of para-hydroxylation sites is 8. The molecule has 1 spiro atoms. The third-order valence-corrected chi connectivity index (χ3v) is 22.8. The Labute approximate surface area is 491 Å². The van der Waals surface area contributed by atoms with E-state index >= 15 is 0 Å². The van der Waals surface area contributed by atoms with Crippen LogP contribution in [0.2, 0.25) is 0 Å². The van der Waals surface area contributed by atoms with Gasteiger partial charge in [0, 0.05) is 22.5 Å². The molecule has 4 aliphatic rings. The molecule has 0 atom stereocenters. The Balaban J connectivity index is 0.839. The smallest absolute Gasteiger partial charge is 0.227 e. The van der Waals surface area contributed by atoms with Crippen molar-refractivity contribution in [1.29, 1.82) is 0 Å². The van der Waals surface area contributed by atoms with E-state index < -0.39 is 8.07 Å². The molecule has 0 radical (unpaired) electrons. The second-order valence-corrected chi connectivity index (χ2v) is 26.1. The lowest BCUT2D eigenvalue weighted by Gasteiger charge is -2.29. The van der Waals surface area contributed by atoms with E-state index in [1.54, 1.807) is 0 Å². The maximum Gasteiger partial charge on any atom is 0.227 e. The molecule has 396 valence electrons. The van der Waals surface area contributed by atoms with Gasteiger partial charge in [-0.15, -0.1) is 0 Å². The highest BCUT2D eigenvalue weighted by atomic mass is 28.3. The van der Waals surface area contributed by atoms with Crippen LogP contribution in [0.3, 0.4) is 0 Å². The van der Waals surface area contributed by atoms with Crippen molar-refractivity contribution < 1.29 is 8.83 Å². The SMILES string of the molecule is C1=Cc2ccccc2N(c2ccc(-c3ccc4c(c3)[Si]3(c5cc(-c6ccc(N7c8ccccc8C=Cc8ccccc87)cc6)ccc5-4)c4cc(-c5nc6ccccc6o5)ccc4-c4ccc(-c5nc6ccccc6o5)cc43)cc2)c2ccccc21. The summed E-state index contributed by atoms with van der Waals surface area (Å²) in [4.78, 5) is 15.0. The maximum atomic E-state index is 6.61. The fourth-order valence-corrected chi connectivity index (χ4v) is 19.7. The molecule has 18 rings (SSSR count). The van der Waals surface area contributed by atoms with Crippen molar-refractivity contribution >= 4 is 109 Å². The van der Waals surface area contributed by atoms with Gasteiger partial charge in [-0.25, -0.2) is 9.97 Å². The van der Waals surface area contributed by atoms with Crippen LogP contribution in [0.15, 0.2) is 276 Å². The summed E-state index contributed by atoms with van der Waals surface area (Å²) in [7, 11) is -3.30. The molecular formula is C78H48N4O2Si. The number of nitrogens with zero attached hydrogens (tertiary/aromatic N) is 4. The molecule has 0 amide bonds. The summed E-state index contributed by atoms with van der Waals surface area (Å²) >= 11 is 0. The van der Waals surface area contributed by atoms with E-state index in [4.69, 9.17) is 18.8 Å². The fraction of sp³-hybridized carbons (Fsp3) is 0. The molecule has 0 bridgehead atoms. The Kier molecular flexibility index (Phi) is 10.3. The Morgan fingerprint density at radius 2 is 0.565 bits per heavy atom. The Hall–Kier alpha value is -11.1. The average Bonchev–Trinajstić information content (AvgIpc) is 1.57. The normalized spacial score (nSPS) is 13.6. The second kappa shape index (κ2) is 18.4. The first-order chi connectivity index (χ1) is 42.1. The molecule has 12 aromatic carbocycles. The van der Waals surface area contributed by atoms with Gasteiger partial charge < -0.3 is 18.6 Å². The van der Waals surface area contributed by atoms with Crippen LogP contribution in [0, 0.1) is 0 Å². The predicted octanol–water partition coefficient (Wildman–Crippen LogP) is 17.9. The Morgan fingerprint density at radius 1 is 0.271 bits per heavy atom. The lowest BCUT2D eigenvalue weighted by molar-refractivity contribution is 0.619. The first kappa shape index (κ1) is 47.5. The molecule has 7 heteroatoms. The molecule has 4 aliphatic heterocycles. The number of rotatable bonds is 6. The summed E-state index contributed by atoms with van der Waals surface area (Å²) in [6.45, 7) is 0. The Morgan fingerprint density at radius 3 is 0.918 bits per heavy atom. The number of hydrogen-bond donors (Lipinski definition) is 0. The van der Waals surface area contributed by atoms with E-state index in [1.807, 2.05) is 48.5 Å². The first-order valence-electron chi connectivity index (χ1n) is 28.9. The number of aromatic nitrogens is 2. The van der Waals surface area contributed by atoms with Crippen molar-refractivity contribution in [3.8, 4) is 67.4 Å². The van der Waals surface area contributed by atoms with Gasteiger partial charge >= 0.3 is 0 Å². The zero-order valence-corrected chi connectivity index (χ0v) is 46.8. The minimum Gasteiger partial charge on any atom is -0.436 e. The van der Waals surface area contributed by atoms with Crippen LogP contribution in [0.4, 0.5) is 34.1 Å². The summed E-state index contributed by atoms with van der Waals surface area (Å²) in [5.74, 6) is 1.21. The standard InChI is InChI=1S/C78H48N4O2Si/c1-7-19-67-51(13-1)25-26-52-14-2-8-20-68(52)81(67)59-37-29-49(30-38-59)55-33-41-61-62-42-34-56(50-31-39-60(40-32-50)82-69-21-9-3-15-53(69)27-28-54-16-4-10-22-70(54)82)46-74(62)85(73(61)45-55)75-47-57(77-79-65-17-5-11-23-71(65)83-77)35-43-63(75)64-44-36-58(48-76(64)85)78-80-66-18-6-12-24-72(66)84-78/h1-48H. The molecule has 0 saturated heterocycles. The van der Waals surface area contributed by atoms with Gasteiger partial charge in [-0.3, -0.25) is 0 Å². The number of benzene rings is 12. The zero-order valence-electron chi connectivity index (χ0n) is 45.8. The molecule has 85 heavy (non-hydrogen) atoms. The van der Waals surface area contributed by atoms with E-state index in [0.717, 1.165) is 89.7 Å². The van der Waals surface area contributed by atoms with Gasteiger partial charge in [-0.05, 0) is 185 Å². The topological polar surface area (TPSA) is 58.5 Å². The van der Waals surface area contributed by atoms with Gasteiger partial charge in [0.2, 0.25) is 11.8 Å². The van der Waals surface area contributed by atoms with E-state index in [1.165, 1.54) is 65.3 Å². The van der Waals surface area contributed by atoms with E-state index in [0.29, 0.717) is 11.8 Å². The van der Waals surface area contributed by atoms with Gasteiger partial charge in [0.15, 0.2) is 19.2 Å². The van der Waals surface area contributed by atoms with Crippen LogP contribution >= 0.6 is 0 Å². The highest BCUT2D eigenvalue weighted by Gasteiger charge is 2.55. The number of hydrogen-bond acceptors (Lipinski definition) is 6. The average molecular weight is 1100 g/mol. The number of oxazole rings is 2. The minimum absolute atomic E-state index is 0.605. The number of fused-ring (bicyclic) bond motifs is 16. The molecule has 0 saturated carbocycles. The fourth-order valence-electron chi connectivity index (χ4n) is 14.0. The molecular weight excluding hydrogens is 1050 g/mol. The summed E-state index contributed by atoms with van der Waals surface area (Å²) in [5, 5.41) is 5.29. The van der Waals surface area contributed by atoms with Crippen LogP contribution in [0.5, 0.6) is 0 Å². The highest BCUT2D eigenvalue weighted by molar-refractivity contribution is 7.24. The van der Waals surface area contributed by atoms with E-state index in [9.17, 15) is 0 Å². The number of anilines is 6. The van der Waals surface area contributed by atoms with Crippen molar-refractivity contribution in [2.24, 2.45) is 0 Å². The summed E-state index contributed by atoms with van der Waals surface area (Å²) in [6, 6.07) is 97.3. The van der Waals surface area contributed by atoms with E-state index in [2.05, 4.69) is 252 Å². The predicted molar refractivity (Wildman–Crippen MR) is 352 cm³/mol. The second-order valence-electron chi connectivity index (χ2n) is 22.4. The van der Waals surface area contributed by atoms with Crippen molar-refractivity contribution in [3.63, 3.8) is 0 Å². The third-order valence-electron chi connectivity index (χ3n) is 17.9. The lowest BCUT2D eigenvalue weighted by Crippen LogP contribution is -2.70. The molecule has 6 heterocycles. The van der Waals surface area contributed by atoms with Crippen LogP contribution in [-0.2, 0) is 0 Å². The first-order valence-corrected chi connectivity index (χ1v) is 30.9. The zero-order chi connectivity index (χ0) is 55.7. The summed E-state index contributed by atoms with van der Waals surface area (Å²) in [5.41, 5.74) is 26.1. The quantitative estimate of drug-likeness (QED) is 0.155. The molecule has 0 fully saturated rings. The maximum absolute atomic E-state index is 6.61. The molecule has 0 aliphatic carbocycles. The van der Waals surface area contributed by atoms with Gasteiger partial charge in [0.25, 0.3) is 0 Å². The van der Waals surface area contributed by atoms with Crippen LogP contribution < -0.4 is 30.5 Å². The van der Waals surface area contributed by atoms with Crippen molar-refractivity contribution in [3.05, 3.63) is 289 Å². The van der Waals surface area contributed by atoms with Crippen LogP contribution in [-0.4, -0.2) is 18.0 Å². The van der Waals surface area contributed by atoms with E-state index in [-0.39, 0.29) is 0 Å². The van der Waals surface area contributed by atoms with Gasteiger partial charge in [0.05, 0.1) is 22.7 Å². The van der Waals surface area contributed by atoms with Gasteiger partial charge in [0.1, 0.15) is 11.0 Å². The lowest BCUT2D eigenvalue weighted by atomic mass is 9.97. The van der Waals surface area contributed by atoms with Crippen molar-refractivity contribution in [2.75, 3.05) is 9.80 Å². The Bertz CT molecular complexity index is 4680. The largest absolute Gasteiger partial charge is 0.436 e. The molecule has 0 unspecified atom stereocenters. The molecule has 6 nitrogen and oxygen atoms in total. The van der Waals surface area contributed by atoms with Gasteiger partial charge in [-0.1, -0.05) is 194 Å². The van der Waals surface area contributed by atoms with Crippen molar-refractivity contribution in [1.82, 2.24) is 9.97 Å². The van der Waals surface area contributed by atoms with Crippen LogP contribution in [0.1, 0.15) is 22.3 Å². The van der Waals surface area contributed by atoms with Gasteiger partial charge in [-0.2, -0.15) is 0 Å². The molecule has 2 aromatic heterocycles. The monoisotopic (exact) mass is 1100 g/mol. The third kappa shape index (κ3) is 7.24. The minimum atomic E-state index is -3.30. The summed E-state index contributed by atoms with van der Waals surface area (Å²) in [6.07, 6.45) is 8.90.